The molecule has 1 fully saturated rings. The van der Waals surface area contributed by atoms with E-state index < -0.39 is 0 Å². The minimum atomic E-state index is -0.191. The molecule has 3 rings (SSSR count). The van der Waals surface area contributed by atoms with Gasteiger partial charge in [0.15, 0.2) is 0 Å². The molecule has 1 atom stereocenters. The molecule has 1 amide bonds. The van der Waals surface area contributed by atoms with Crippen LogP contribution in [0.2, 0.25) is 0 Å². The van der Waals surface area contributed by atoms with Crippen LogP contribution >= 0.6 is 0 Å². The molecule has 0 bridgehead atoms. The maximum atomic E-state index is 11.8. The van der Waals surface area contributed by atoms with Gasteiger partial charge in [0.2, 0.25) is 0 Å². The number of ether oxygens (including phenoxy) is 2. The molecule has 120 valence electrons. The van der Waals surface area contributed by atoms with Gasteiger partial charge in [-0.25, -0.2) is 4.98 Å². The summed E-state index contributed by atoms with van der Waals surface area (Å²) in [6, 6.07) is 13.7. The lowest BCUT2D eigenvalue weighted by molar-refractivity contribution is -0.121. The van der Waals surface area contributed by atoms with E-state index in [1.165, 1.54) is 0 Å². The highest BCUT2D eigenvalue weighted by Crippen LogP contribution is 2.19. The molecular formula is C18H20N2O3. The van der Waals surface area contributed by atoms with Crippen molar-refractivity contribution in [1.29, 1.82) is 0 Å². The van der Waals surface area contributed by atoms with E-state index in [0.717, 1.165) is 30.8 Å². The summed E-state index contributed by atoms with van der Waals surface area (Å²) in [4.78, 5) is 16.1. The number of rotatable bonds is 6. The average Bonchev–Trinajstić information content (AvgIpc) is 3.10. The van der Waals surface area contributed by atoms with Crippen LogP contribution in [0.25, 0.3) is 11.1 Å². The van der Waals surface area contributed by atoms with Crippen molar-refractivity contribution < 1.29 is 14.3 Å². The third kappa shape index (κ3) is 4.61. The normalized spacial score (nSPS) is 17.1. The van der Waals surface area contributed by atoms with Gasteiger partial charge in [0, 0.05) is 24.3 Å². The second-order valence-corrected chi connectivity index (χ2v) is 5.59. The summed E-state index contributed by atoms with van der Waals surface area (Å²) in [6.07, 6.45) is 2.76. The molecule has 5 nitrogen and oxygen atoms in total. The predicted octanol–water partition coefficient (Wildman–Crippen LogP) is 2.74. The van der Waals surface area contributed by atoms with Gasteiger partial charge < -0.3 is 14.8 Å². The molecule has 23 heavy (non-hydrogen) atoms. The molecule has 0 radical (unpaired) electrons. The van der Waals surface area contributed by atoms with E-state index in [9.17, 15) is 4.79 Å². The Morgan fingerprint density at radius 1 is 1.22 bits per heavy atom. The lowest BCUT2D eigenvalue weighted by Crippen LogP contribution is -2.21. The summed E-state index contributed by atoms with van der Waals surface area (Å²) in [6.45, 7) is 2.12. The highest BCUT2D eigenvalue weighted by Gasteiger charge is 2.16. The Morgan fingerprint density at radius 3 is 2.78 bits per heavy atom. The van der Waals surface area contributed by atoms with Crippen molar-refractivity contribution in [2.24, 2.45) is 5.92 Å². The van der Waals surface area contributed by atoms with E-state index >= 15 is 0 Å². The van der Waals surface area contributed by atoms with Gasteiger partial charge in [0.1, 0.15) is 12.4 Å². The number of anilines is 1. The summed E-state index contributed by atoms with van der Waals surface area (Å²) < 4.78 is 10.7. The molecule has 1 aromatic heterocycles. The Morgan fingerprint density at radius 2 is 2.09 bits per heavy atom. The van der Waals surface area contributed by atoms with Crippen LogP contribution in [0.5, 0.6) is 0 Å². The fourth-order valence-corrected chi connectivity index (χ4v) is 2.48. The highest BCUT2D eigenvalue weighted by atomic mass is 16.5. The second kappa shape index (κ2) is 7.85. The van der Waals surface area contributed by atoms with Crippen molar-refractivity contribution in [3.8, 4) is 11.1 Å². The third-order valence-corrected chi connectivity index (χ3v) is 3.75. The molecule has 1 aliphatic rings. The van der Waals surface area contributed by atoms with Gasteiger partial charge in [-0.2, -0.15) is 0 Å². The second-order valence-electron chi connectivity index (χ2n) is 5.59. The lowest BCUT2D eigenvalue weighted by atomic mass is 10.1. The number of amides is 1. The largest absolute Gasteiger partial charge is 0.381 e. The van der Waals surface area contributed by atoms with Gasteiger partial charge in [-0.1, -0.05) is 30.3 Å². The summed E-state index contributed by atoms with van der Waals surface area (Å²) in [7, 11) is 0. The average molecular weight is 312 g/mol. The van der Waals surface area contributed by atoms with Crippen molar-refractivity contribution in [2.75, 3.05) is 31.7 Å². The molecule has 1 aromatic carbocycles. The standard InChI is InChI=1S/C18H20N2O3/c21-18(13-23-12-14-8-9-22-11-14)20-17-7-6-16(10-19-17)15-4-2-1-3-5-15/h1-7,10,14H,8-9,11-13H2,(H,19,20,21)/t14-/m0/s1. The van der Waals surface area contributed by atoms with Crippen LogP contribution in [0.1, 0.15) is 6.42 Å². The number of hydrogen-bond donors (Lipinski definition) is 1. The predicted molar refractivity (Wildman–Crippen MR) is 88.0 cm³/mol. The van der Waals surface area contributed by atoms with Gasteiger partial charge in [-0.15, -0.1) is 0 Å². The van der Waals surface area contributed by atoms with Gasteiger partial charge in [-0.05, 0) is 24.1 Å². The number of aromatic nitrogens is 1. The molecule has 1 N–H and O–H groups in total. The Balaban J connectivity index is 1.46. The minimum absolute atomic E-state index is 0.0403. The van der Waals surface area contributed by atoms with Crippen molar-refractivity contribution in [2.45, 2.75) is 6.42 Å². The molecular weight excluding hydrogens is 292 g/mol. The van der Waals surface area contributed by atoms with E-state index in [4.69, 9.17) is 9.47 Å². The minimum Gasteiger partial charge on any atom is -0.381 e. The summed E-state index contributed by atoms with van der Waals surface area (Å²) in [5.74, 6) is 0.748. The fraction of sp³-hybridized carbons (Fsp3) is 0.333. The van der Waals surface area contributed by atoms with E-state index in [1.807, 2.05) is 36.4 Å². The lowest BCUT2D eigenvalue weighted by Gasteiger charge is -2.09. The van der Waals surface area contributed by atoms with Crippen molar-refractivity contribution in [1.82, 2.24) is 4.98 Å². The number of benzene rings is 1. The van der Waals surface area contributed by atoms with Crippen LogP contribution in [0, 0.1) is 5.92 Å². The van der Waals surface area contributed by atoms with Crippen molar-refractivity contribution in [3.63, 3.8) is 0 Å². The Kier molecular flexibility index (Phi) is 5.34. The number of nitrogens with zero attached hydrogens (tertiary/aromatic N) is 1. The van der Waals surface area contributed by atoms with E-state index in [-0.39, 0.29) is 12.5 Å². The SMILES string of the molecule is O=C(COC[C@H]1CCOC1)Nc1ccc(-c2ccccc2)cn1. The summed E-state index contributed by atoms with van der Waals surface area (Å²) in [5, 5.41) is 2.74. The van der Waals surface area contributed by atoms with Crippen LogP contribution in [0.15, 0.2) is 48.7 Å². The van der Waals surface area contributed by atoms with Gasteiger partial charge in [0.05, 0.1) is 13.2 Å². The van der Waals surface area contributed by atoms with Crippen LogP contribution in [-0.4, -0.2) is 37.3 Å². The number of nitrogens with one attached hydrogen (secondary N) is 1. The number of carbonyl (C=O) groups is 1. The van der Waals surface area contributed by atoms with E-state index in [1.54, 1.807) is 12.3 Å². The fourth-order valence-electron chi connectivity index (χ4n) is 2.48. The zero-order valence-corrected chi connectivity index (χ0v) is 12.9. The molecule has 0 unspecified atom stereocenters. The molecule has 5 heteroatoms. The summed E-state index contributed by atoms with van der Waals surface area (Å²) >= 11 is 0. The Hall–Kier alpha value is -2.24. The van der Waals surface area contributed by atoms with Gasteiger partial charge >= 0.3 is 0 Å². The Labute approximate surface area is 135 Å². The first-order chi connectivity index (χ1) is 11.3. The van der Waals surface area contributed by atoms with Crippen LogP contribution in [0.3, 0.4) is 0 Å². The molecule has 1 saturated heterocycles. The number of pyridine rings is 1. The van der Waals surface area contributed by atoms with Crippen molar-refractivity contribution in [3.05, 3.63) is 48.7 Å². The smallest absolute Gasteiger partial charge is 0.251 e. The zero-order valence-electron chi connectivity index (χ0n) is 12.9. The maximum Gasteiger partial charge on any atom is 0.251 e. The number of carbonyl (C=O) groups excluding carboxylic acids is 1. The zero-order chi connectivity index (χ0) is 15.9. The van der Waals surface area contributed by atoms with E-state index in [0.29, 0.717) is 18.3 Å². The van der Waals surface area contributed by atoms with Gasteiger partial charge in [0.25, 0.3) is 5.91 Å². The molecule has 2 aromatic rings. The molecule has 1 aliphatic heterocycles. The first kappa shape index (κ1) is 15.6. The first-order valence-corrected chi connectivity index (χ1v) is 7.78. The van der Waals surface area contributed by atoms with Crippen LogP contribution in [0.4, 0.5) is 5.82 Å². The van der Waals surface area contributed by atoms with E-state index in [2.05, 4.69) is 10.3 Å². The molecule has 0 spiro atoms. The maximum absolute atomic E-state index is 11.8. The quantitative estimate of drug-likeness (QED) is 0.891. The van der Waals surface area contributed by atoms with Crippen molar-refractivity contribution >= 4 is 11.7 Å². The first-order valence-electron chi connectivity index (χ1n) is 7.78. The molecule has 0 aliphatic carbocycles. The monoisotopic (exact) mass is 312 g/mol. The molecule has 2 heterocycles. The number of hydrogen-bond acceptors (Lipinski definition) is 4. The van der Waals surface area contributed by atoms with Gasteiger partial charge in [-0.3, -0.25) is 4.79 Å². The highest BCUT2D eigenvalue weighted by molar-refractivity contribution is 5.90. The third-order valence-electron chi connectivity index (χ3n) is 3.75. The topological polar surface area (TPSA) is 60.5 Å². The Bertz CT molecular complexity index is 622. The summed E-state index contributed by atoms with van der Waals surface area (Å²) in [5.41, 5.74) is 2.11. The van der Waals surface area contributed by atoms with Crippen LogP contribution < -0.4 is 5.32 Å². The van der Waals surface area contributed by atoms with Crippen LogP contribution in [-0.2, 0) is 14.3 Å². The molecule has 0 saturated carbocycles.